The minimum atomic E-state index is -0.518. The second kappa shape index (κ2) is 6.34. The summed E-state index contributed by atoms with van der Waals surface area (Å²) in [6, 6.07) is 13.8. The van der Waals surface area contributed by atoms with E-state index in [0.29, 0.717) is 6.54 Å². The van der Waals surface area contributed by atoms with Gasteiger partial charge in [-0.2, -0.15) is 0 Å². The minimum Gasteiger partial charge on any atom is -0.351 e. The molecule has 2 rings (SSSR count). The van der Waals surface area contributed by atoms with Crippen molar-refractivity contribution in [3.63, 3.8) is 0 Å². The van der Waals surface area contributed by atoms with Crippen LogP contribution in [0.5, 0.6) is 0 Å². The molecule has 0 bridgehead atoms. The molecule has 19 heavy (non-hydrogen) atoms. The van der Waals surface area contributed by atoms with Crippen LogP contribution in [0.4, 0.5) is 0 Å². The van der Waals surface area contributed by atoms with E-state index in [1.807, 2.05) is 42.5 Å². The van der Waals surface area contributed by atoms with Crippen molar-refractivity contribution in [3.8, 4) is 11.3 Å². The van der Waals surface area contributed by atoms with E-state index in [4.69, 9.17) is 11.6 Å². The first-order valence-corrected chi connectivity index (χ1v) is 6.52. The average Bonchev–Trinajstić information content (AvgIpc) is 2.46. The van der Waals surface area contributed by atoms with Crippen LogP contribution in [0, 0.1) is 0 Å². The smallest absolute Gasteiger partial charge is 0.238 e. The Kier molecular flexibility index (Phi) is 4.53. The topological polar surface area (TPSA) is 42.0 Å². The Morgan fingerprint density at radius 3 is 2.74 bits per heavy atom. The van der Waals surface area contributed by atoms with Gasteiger partial charge in [0.1, 0.15) is 5.38 Å². The van der Waals surface area contributed by atoms with Gasteiger partial charge in [0.25, 0.3) is 0 Å². The van der Waals surface area contributed by atoms with Crippen LogP contribution in [0.3, 0.4) is 0 Å². The summed E-state index contributed by atoms with van der Waals surface area (Å²) in [6.07, 6.45) is 1.74. The summed E-state index contributed by atoms with van der Waals surface area (Å²) in [4.78, 5) is 15.7. The Hall–Kier alpha value is -1.87. The van der Waals surface area contributed by atoms with Gasteiger partial charge >= 0.3 is 0 Å². The van der Waals surface area contributed by atoms with Crippen LogP contribution in [-0.2, 0) is 11.3 Å². The van der Waals surface area contributed by atoms with Crippen molar-refractivity contribution in [2.45, 2.75) is 18.8 Å². The molecule has 1 aromatic heterocycles. The Morgan fingerprint density at radius 1 is 1.32 bits per heavy atom. The lowest BCUT2D eigenvalue weighted by Crippen LogP contribution is -2.29. The lowest BCUT2D eigenvalue weighted by Gasteiger charge is -2.08. The number of halogens is 1. The lowest BCUT2D eigenvalue weighted by molar-refractivity contribution is -0.120. The van der Waals surface area contributed by atoms with Crippen molar-refractivity contribution in [1.29, 1.82) is 0 Å². The van der Waals surface area contributed by atoms with Crippen LogP contribution in [0.1, 0.15) is 12.5 Å². The number of carbonyl (C=O) groups excluding carboxylic acids is 1. The van der Waals surface area contributed by atoms with E-state index in [9.17, 15) is 4.79 Å². The molecule has 1 N–H and O–H groups in total. The molecule has 98 valence electrons. The zero-order valence-electron chi connectivity index (χ0n) is 10.6. The van der Waals surface area contributed by atoms with E-state index in [-0.39, 0.29) is 5.91 Å². The Bertz CT molecular complexity index is 555. The molecule has 0 saturated carbocycles. The van der Waals surface area contributed by atoms with Crippen molar-refractivity contribution in [2.24, 2.45) is 0 Å². The fourth-order valence-electron chi connectivity index (χ4n) is 1.68. The summed E-state index contributed by atoms with van der Waals surface area (Å²) in [6.45, 7) is 2.11. The average molecular weight is 275 g/mol. The second-order valence-electron chi connectivity index (χ2n) is 4.25. The number of benzene rings is 1. The highest BCUT2D eigenvalue weighted by molar-refractivity contribution is 6.30. The molecule has 3 nitrogen and oxygen atoms in total. The molecule has 0 aliphatic heterocycles. The van der Waals surface area contributed by atoms with Gasteiger partial charge in [0.05, 0.1) is 5.69 Å². The van der Waals surface area contributed by atoms with Crippen molar-refractivity contribution >= 4 is 17.5 Å². The van der Waals surface area contributed by atoms with Gasteiger partial charge in [-0.05, 0) is 24.6 Å². The number of hydrogen-bond acceptors (Lipinski definition) is 2. The van der Waals surface area contributed by atoms with Gasteiger partial charge in [0.15, 0.2) is 0 Å². The SMILES string of the molecule is CC(Cl)C(=O)NCc1ccnc(-c2ccccc2)c1. The van der Waals surface area contributed by atoms with Crippen LogP contribution < -0.4 is 5.32 Å². The third kappa shape index (κ3) is 3.80. The molecule has 1 heterocycles. The third-order valence-corrected chi connectivity index (χ3v) is 2.92. The Morgan fingerprint density at radius 2 is 2.05 bits per heavy atom. The van der Waals surface area contributed by atoms with Crippen LogP contribution in [0.2, 0.25) is 0 Å². The first kappa shape index (κ1) is 13.6. The van der Waals surface area contributed by atoms with E-state index in [2.05, 4.69) is 10.3 Å². The molecule has 0 spiro atoms. The van der Waals surface area contributed by atoms with E-state index >= 15 is 0 Å². The molecule has 2 aromatic rings. The van der Waals surface area contributed by atoms with Gasteiger partial charge in [-0.3, -0.25) is 9.78 Å². The maximum absolute atomic E-state index is 11.4. The normalized spacial score (nSPS) is 11.9. The quantitative estimate of drug-likeness (QED) is 0.871. The van der Waals surface area contributed by atoms with Crippen LogP contribution in [0.15, 0.2) is 48.7 Å². The molecular weight excluding hydrogens is 260 g/mol. The molecule has 1 unspecified atom stereocenters. The number of carbonyl (C=O) groups is 1. The number of rotatable bonds is 4. The zero-order chi connectivity index (χ0) is 13.7. The summed E-state index contributed by atoms with van der Waals surface area (Å²) in [5, 5.41) is 2.26. The Labute approximate surface area is 117 Å². The van der Waals surface area contributed by atoms with E-state index in [1.54, 1.807) is 13.1 Å². The lowest BCUT2D eigenvalue weighted by atomic mass is 10.1. The number of amides is 1. The number of alkyl halides is 1. The molecule has 0 saturated heterocycles. The highest BCUT2D eigenvalue weighted by Gasteiger charge is 2.08. The van der Waals surface area contributed by atoms with Crippen LogP contribution >= 0.6 is 11.6 Å². The summed E-state index contributed by atoms with van der Waals surface area (Å²) >= 11 is 5.70. The van der Waals surface area contributed by atoms with Gasteiger partial charge in [-0.15, -0.1) is 11.6 Å². The predicted octanol–water partition coefficient (Wildman–Crippen LogP) is 2.99. The molecule has 1 atom stereocenters. The molecule has 4 heteroatoms. The maximum Gasteiger partial charge on any atom is 0.238 e. The molecule has 0 aliphatic carbocycles. The van der Waals surface area contributed by atoms with Gasteiger partial charge in [-0.1, -0.05) is 30.3 Å². The fraction of sp³-hybridized carbons (Fsp3) is 0.200. The van der Waals surface area contributed by atoms with Crippen LogP contribution in [-0.4, -0.2) is 16.3 Å². The first-order chi connectivity index (χ1) is 9.16. The molecule has 0 radical (unpaired) electrons. The minimum absolute atomic E-state index is 0.167. The molecule has 1 aromatic carbocycles. The predicted molar refractivity (Wildman–Crippen MR) is 76.8 cm³/mol. The third-order valence-electron chi connectivity index (χ3n) is 2.72. The van der Waals surface area contributed by atoms with Gasteiger partial charge in [0.2, 0.25) is 5.91 Å². The van der Waals surface area contributed by atoms with Crippen molar-refractivity contribution in [3.05, 3.63) is 54.2 Å². The molecular formula is C15H15ClN2O. The Balaban J connectivity index is 2.10. The summed E-state index contributed by atoms with van der Waals surface area (Å²) < 4.78 is 0. The highest BCUT2D eigenvalue weighted by atomic mass is 35.5. The fourth-order valence-corrected chi connectivity index (χ4v) is 1.76. The number of pyridine rings is 1. The van der Waals surface area contributed by atoms with Crippen LogP contribution in [0.25, 0.3) is 11.3 Å². The largest absolute Gasteiger partial charge is 0.351 e. The summed E-state index contributed by atoms with van der Waals surface area (Å²) in [5.41, 5.74) is 2.95. The van der Waals surface area contributed by atoms with E-state index in [0.717, 1.165) is 16.8 Å². The number of hydrogen-bond donors (Lipinski definition) is 1. The van der Waals surface area contributed by atoms with Gasteiger partial charge in [-0.25, -0.2) is 0 Å². The number of aromatic nitrogens is 1. The first-order valence-electron chi connectivity index (χ1n) is 6.09. The second-order valence-corrected chi connectivity index (χ2v) is 4.90. The van der Waals surface area contributed by atoms with E-state index in [1.165, 1.54) is 0 Å². The van der Waals surface area contributed by atoms with Gasteiger partial charge in [0, 0.05) is 18.3 Å². The number of nitrogens with zero attached hydrogens (tertiary/aromatic N) is 1. The zero-order valence-corrected chi connectivity index (χ0v) is 11.4. The molecule has 1 amide bonds. The maximum atomic E-state index is 11.4. The summed E-state index contributed by atoms with van der Waals surface area (Å²) in [5.74, 6) is -0.167. The standard InChI is InChI=1S/C15H15ClN2O/c1-11(16)15(19)18-10-12-7-8-17-14(9-12)13-5-3-2-4-6-13/h2-9,11H,10H2,1H3,(H,18,19). The monoisotopic (exact) mass is 274 g/mol. The van der Waals surface area contributed by atoms with Crippen molar-refractivity contribution in [2.75, 3.05) is 0 Å². The van der Waals surface area contributed by atoms with Gasteiger partial charge < -0.3 is 5.32 Å². The highest BCUT2D eigenvalue weighted by Crippen LogP contribution is 2.17. The number of nitrogens with one attached hydrogen (secondary N) is 1. The van der Waals surface area contributed by atoms with Crippen molar-refractivity contribution in [1.82, 2.24) is 10.3 Å². The molecule has 0 fully saturated rings. The summed E-state index contributed by atoms with van der Waals surface area (Å²) in [7, 11) is 0. The van der Waals surface area contributed by atoms with Crippen molar-refractivity contribution < 1.29 is 4.79 Å². The molecule has 0 aliphatic rings. The van der Waals surface area contributed by atoms with E-state index < -0.39 is 5.38 Å².